The molecule has 0 unspecified atom stereocenters. The predicted molar refractivity (Wildman–Crippen MR) is 84.6 cm³/mol. The molecule has 0 saturated carbocycles. The molecule has 0 spiro atoms. The lowest BCUT2D eigenvalue weighted by molar-refractivity contribution is 1.48. The van der Waals surface area contributed by atoms with Crippen LogP contribution < -0.4 is 0 Å². The van der Waals surface area contributed by atoms with Crippen molar-refractivity contribution in [2.75, 3.05) is 0 Å². The van der Waals surface area contributed by atoms with Crippen LogP contribution in [0.15, 0.2) is 36.4 Å². The van der Waals surface area contributed by atoms with Gasteiger partial charge in [-0.2, -0.15) is 0 Å². The van der Waals surface area contributed by atoms with E-state index in [4.69, 9.17) is 0 Å². The lowest BCUT2D eigenvalue weighted by Gasteiger charge is -2.03. The zero-order chi connectivity index (χ0) is 11.8. The van der Waals surface area contributed by atoms with Gasteiger partial charge >= 0.3 is 0 Å². The Hall–Kier alpha value is -0.380. The monoisotopic (exact) mass is 368 g/mol. The number of benzene rings is 2. The molecule has 3 aromatic rings. The van der Waals surface area contributed by atoms with Crippen molar-refractivity contribution in [2.24, 2.45) is 0 Å². The van der Waals surface area contributed by atoms with E-state index in [1.807, 2.05) is 11.3 Å². The second kappa shape index (κ2) is 4.71. The Morgan fingerprint density at radius 3 is 1.65 bits per heavy atom. The molecule has 0 nitrogen and oxygen atoms in total. The summed E-state index contributed by atoms with van der Waals surface area (Å²) in [6.07, 6.45) is 0. The fourth-order valence-electron chi connectivity index (χ4n) is 2.23. The molecule has 0 radical (unpaired) electrons. The fourth-order valence-corrected chi connectivity index (χ4v) is 4.37. The molecule has 0 atom stereocenters. The van der Waals surface area contributed by atoms with Gasteiger partial charge in [-0.1, -0.05) is 56.1 Å². The third-order valence-electron chi connectivity index (χ3n) is 2.98. The number of alkyl halides is 2. The fraction of sp³-hybridized carbons (Fsp3) is 0.143. The Bertz CT molecular complexity index is 627. The Labute approximate surface area is 121 Å². The lowest BCUT2D eigenvalue weighted by Crippen LogP contribution is -1.82. The first-order chi connectivity index (χ1) is 8.35. The molecule has 17 heavy (non-hydrogen) atoms. The van der Waals surface area contributed by atoms with Gasteiger partial charge in [-0.05, 0) is 23.3 Å². The summed E-state index contributed by atoms with van der Waals surface area (Å²) in [7, 11) is 0. The topological polar surface area (TPSA) is 0 Å². The minimum atomic E-state index is 0.910. The van der Waals surface area contributed by atoms with Crippen LogP contribution in [0.2, 0.25) is 0 Å². The summed E-state index contributed by atoms with van der Waals surface area (Å²) in [5.41, 5.74) is 2.75. The van der Waals surface area contributed by atoms with E-state index >= 15 is 0 Å². The maximum absolute atomic E-state index is 3.59. The maximum atomic E-state index is 3.59. The quantitative estimate of drug-likeness (QED) is 0.497. The first-order valence-electron chi connectivity index (χ1n) is 5.39. The zero-order valence-electron chi connectivity index (χ0n) is 9.04. The number of fused-ring (bicyclic) bond motifs is 3. The molecule has 0 amide bonds. The third kappa shape index (κ3) is 1.85. The molecule has 0 fully saturated rings. The number of halogens is 2. The minimum Gasteiger partial charge on any atom is -0.135 e. The second-order valence-electron chi connectivity index (χ2n) is 3.95. The molecular formula is C14H10Br2S. The van der Waals surface area contributed by atoms with Gasteiger partial charge in [-0.15, -0.1) is 11.3 Å². The van der Waals surface area contributed by atoms with Gasteiger partial charge in [0.05, 0.1) is 0 Å². The van der Waals surface area contributed by atoms with E-state index in [1.165, 1.54) is 31.3 Å². The Morgan fingerprint density at radius 2 is 1.24 bits per heavy atom. The Morgan fingerprint density at radius 1 is 0.765 bits per heavy atom. The van der Waals surface area contributed by atoms with Crippen LogP contribution in [0.1, 0.15) is 11.1 Å². The van der Waals surface area contributed by atoms with Gasteiger partial charge in [-0.3, -0.25) is 0 Å². The van der Waals surface area contributed by atoms with Crippen LogP contribution in [0.5, 0.6) is 0 Å². The molecule has 86 valence electrons. The number of hydrogen-bond acceptors (Lipinski definition) is 1. The van der Waals surface area contributed by atoms with Crippen LogP contribution in [-0.4, -0.2) is 0 Å². The molecule has 2 aromatic carbocycles. The van der Waals surface area contributed by atoms with Crippen molar-refractivity contribution in [2.45, 2.75) is 10.7 Å². The summed E-state index contributed by atoms with van der Waals surface area (Å²) in [6.45, 7) is 0. The molecule has 3 heteroatoms. The Balaban J connectivity index is 2.55. The van der Waals surface area contributed by atoms with E-state index in [9.17, 15) is 0 Å². The molecule has 1 heterocycles. The van der Waals surface area contributed by atoms with E-state index in [2.05, 4.69) is 68.3 Å². The molecule has 0 N–H and O–H groups in total. The van der Waals surface area contributed by atoms with Gasteiger partial charge in [0.15, 0.2) is 0 Å². The average Bonchev–Trinajstić information content (AvgIpc) is 2.76. The SMILES string of the molecule is BrCc1cccc2sc3cccc(CBr)c3c12. The van der Waals surface area contributed by atoms with Crippen molar-refractivity contribution in [3.8, 4) is 0 Å². The summed E-state index contributed by atoms with van der Waals surface area (Å²) in [5, 5.41) is 4.65. The molecule has 0 saturated heterocycles. The Kier molecular flexibility index (Phi) is 3.24. The van der Waals surface area contributed by atoms with Gasteiger partial charge in [-0.25, -0.2) is 0 Å². The maximum Gasteiger partial charge on any atom is 0.0358 e. The molecule has 0 bridgehead atoms. The van der Waals surface area contributed by atoms with E-state index in [1.54, 1.807) is 0 Å². The lowest BCUT2D eigenvalue weighted by atomic mass is 10.0. The average molecular weight is 370 g/mol. The summed E-state index contributed by atoms with van der Waals surface area (Å²) in [6, 6.07) is 13.1. The molecular weight excluding hydrogens is 360 g/mol. The predicted octanol–water partition coefficient (Wildman–Crippen LogP) is 5.84. The normalized spacial score (nSPS) is 11.4. The van der Waals surface area contributed by atoms with Gasteiger partial charge in [0.1, 0.15) is 0 Å². The number of rotatable bonds is 2. The number of thiophene rings is 1. The molecule has 0 aliphatic carbocycles. The van der Waals surface area contributed by atoms with Gasteiger partial charge in [0, 0.05) is 30.8 Å². The van der Waals surface area contributed by atoms with E-state index < -0.39 is 0 Å². The van der Waals surface area contributed by atoms with Gasteiger partial charge < -0.3 is 0 Å². The van der Waals surface area contributed by atoms with E-state index in [0.717, 1.165) is 10.7 Å². The minimum absolute atomic E-state index is 0.910. The smallest absolute Gasteiger partial charge is 0.0358 e. The zero-order valence-corrected chi connectivity index (χ0v) is 13.0. The summed E-state index contributed by atoms with van der Waals surface area (Å²) < 4.78 is 2.76. The van der Waals surface area contributed by atoms with Crippen LogP contribution in [0.4, 0.5) is 0 Å². The highest BCUT2D eigenvalue weighted by Crippen LogP contribution is 2.38. The van der Waals surface area contributed by atoms with Crippen LogP contribution in [0, 0.1) is 0 Å². The van der Waals surface area contributed by atoms with Crippen LogP contribution in [-0.2, 0) is 10.7 Å². The van der Waals surface area contributed by atoms with Gasteiger partial charge in [0.2, 0.25) is 0 Å². The molecule has 0 aliphatic rings. The van der Waals surface area contributed by atoms with Gasteiger partial charge in [0.25, 0.3) is 0 Å². The van der Waals surface area contributed by atoms with Crippen molar-refractivity contribution in [1.29, 1.82) is 0 Å². The largest absolute Gasteiger partial charge is 0.135 e. The standard InChI is InChI=1S/C14H10Br2S/c15-7-9-3-1-5-11-13(9)14-10(8-16)4-2-6-12(14)17-11/h1-6H,7-8H2. The third-order valence-corrected chi connectivity index (χ3v) is 5.31. The van der Waals surface area contributed by atoms with Crippen molar-refractivity contribution >= 4 is 63.4 Å². The van der Waals surface area contributed by atoms with Crippen molar-refractivity contribution < 1.29 is 0 Å². The van der Waals surface area contributed by atoms with E-state index in [0.29, 0.717) is 0 Å². The number of hydrogen-bond donors (Lipinski definition) is 0. The second-order valence-corrected chi connectivity index (χ2v) is 6.16. The highest BCUT2D eigenvalue weighted by atomic mass is 79.9. The van der Waals surface area contributed by atoms with E-state index in [-0.39, 0.29) is 0 Å². The first kappa shape index (κ1) is 11.7. The molecule has 1 aromatic heterocycles. The summed E-state index contributed by atoms with van der Waals surface area (Å²) >= 11 is 9.06. The van der Waals surface area contributed by atoms with Crippen LogP contribution in [0.3, 0.4) is 0 Å². The van der Waals surface area contributed by atoms with Crippen molar-refractivity contribution in [1.82, 2.24) is 0 Å². The summed E-state index contributed by atoms with van der Waals surface area (Å²) in [4.78, 5) is 0. The van der Waals surface area contributed by atoms with Crippen LogP contribution in [0.25, 0.3) is 20.2 Å². The van der Waals surface area contributed by atoms with Crippen LogP contribution >= 0.6 is 43.2 Å². The molecule has 3 rings (SSSR count). The first-order valence-corrected chi connectivity index (χ1v) is 8.45. The highest BCUT2D eigenvalue weighted by Gasteiger charge is 2.11. The highest BCUT2D eigenvalue weighted by molar-refractivity contribution is 9.08. The van der Waals surface area contributed by atoms with Crippen molar-refractivity contribution in [3.63, 3.8) is 0 Å². The summed E-state index contributed by atoms with van der Waals surface area (Å²) in [5.74, 6) is 0. The van der Waals surface area contributed by atoms with Crippen molar-refractivity contribution in [3.05, 3.63) is 47.5 Å². The molecule has 0 aliphatic heterocycles.